The fourth-order valence-corrected chi connectivity index (χ4v) is 3.47. The van der Waals surface area contributed by atoms with E-state index in [0.717, 1.165) is 34.2 Å². The molecule has 0 atom stereocenters. The minimum Gasteiger partial charge on any atom is -0.497 e. The first-order valence-corrected chi connectivity index (χ1v) is 9.62. The van der Waals surface area contributed by atoms with Crippen molar-refractivity contribution in [3.8, 4) is 22.8 Å². The highest BCUT2D eigenvalue weighted by Gasteiger charge is 2.27. The SMILES string of the molecule is COc1ccc2[nH]c(-c3cnn(C)c3)c(C=O)c2c1.COc1ccc2c(c1)C(=O)C(=O)N2. The Labute approximate surface area is 182 Å². The van der Waals surface area contributed by atoms with E-state index in [2.05, 4.69) is 15.4 Å². The summed E-state index contributed by atoms with van der Waals surface area (Å²) in [5.74, 6) is 0.216. The summed E-state index contributed by atoms with van der Waals surface area (Å²) in [4.78, 5) is 36.8. The summed E-state index contributed by atoms with van der Waals surface area (Å²) >= 11 is 0. The molecule has 0 unspecified atom stereocenters. The van der Waals surface area contributed by atoms with Gasteiger partial charge in [0.05, 0.1) is 37.4 Å². The molecule has 1 aliphatic rings. The molecule has 3 heterocycles. The van der Waals surface area contributed by atoms with Crippen molar-refractivity contribution in [2.45, 2.75) is 0 Å². The van der Waals surface area contributed by atoms with Gasteiger partial charge in [0, 0.05) is 35.3 Å². The zero-order valence-electron chi connectivity index (χ0n) is 17.6. The summed E-state index contributed by atoms with van der Waals surface area (Å²) in [6, 6.07) is 10.5. The Kier molecular flexibility index (Phi) is 5.46. The average Bonchev–Trinajstić information content (AvgIpc) is 3.48. The standard InChI is InChI=1S/C14H13N3O2.C9H7NO3/c1-17-7-9(6-15-17)14-12(8-18)11-5-10(19-2)3-4-13(11)16-14;1-13-5-2-3-7-6(4-5)8(11)9(12)10-7/h3-8,16H,1-2H3;2-4H,1H3,(H,10,11,12). The molecule has 0 bridgehead atoms. The fourth-order valence-electron chi connectivity index (χ4n) is 3.47. The summed E-state index contributed by atoms with van der Waals surface area (Å²) < 4.78 is 11.8. The molecule has 0 saturated heterocycles. The van der Waals surface area contributed by atoms with Crippen LogP contribution in [-0.4, -0.2) is 47.0 Å². The summed E-state index contributed by atoms with van der Waals surface area (Å²) in [5, 5.41) is 7.44. The van der Waals surface area contributed by atoms with Gasteiger partial charge in [-0.15, -0.1) is 0 Å². The van der Waals surface area contributed by atoms with Crippen LogP contribution in [0, 0.1) is 0 Å². The van der Waals surface area contributed by atoms with E-state index < -0.39 is 11.7 Å². The third-order valence-electron chi connectivity index (χ3n) is 5.08. The van der Waals surface area contributed by atoms with Crippen LogP contribution >= 0.6 is 0 Å². The summed E-state index contributed by atoms with van der Waals surface area (Å²) in [5.41, 5.74) is 4.13. The number of nitrogens with one attached hydrogen (secondary N) is 2. The molecular formula is C23H20N4O5. The smallest absolute Gasteiger partial charge is 0.296 e. The largest absolute Gasteiger partial charge is 0.497 e. The number of benzene rings is 2. The van der Waals surface area contributed by atoms with Crippen LogP contribution in [0.15, 0.2) is 48.8 Å². The second-order valence-electron chi connectivity index (χ2n) is 7.04. The first-order valence-electron chi connectivity index (χ1n) is 9.62. The Balaban J connectivity index is 0.000000165. The molecule has 9 heteroatoms. The normalized spacial score (nSPS) is 12.1. The number of anilines is 1. The van der Waals surface area contributed by atoms with Crippen LogP contribution < -0.4 is 14.8 Å². The number of aryl methyl sites for hydroxylation is 1. The maximum atomic E-state index is 11.4. The number of hydrogen-bond donors (Lipinski definition) is 2. The molecule has 2 aromatic heterocycles. The molecule has 1 amide bonds. The van der Waals surface area contributed by atoms with Crippen molar-refractivity contribution in [3.05, 3.63) is 59.9 Å². The monoisotopic (exact) mass is 432 g/mol. The minimum atomic E-state index is -0.580. The van der Waals surface area contributed by atoms with E-state index >= 15 is 0 Å². The number of hydrogen-bond acceptors (Lipinski definition) is 6. The molecule has 0 radical (unpaired) electrons. The van der Waals surface area contributed by atoms with Crippen molar-refractivity contribution in [2.24, 2.45) is 7.05 Å². The number of Topliss-reactive ketones (excluding diaryl/α,β-unsaturated/α-hetero) is 1. The van der Waals surface area contributed by atoms with E-state index in [0.29, 0.717) is 22.6 Å². The lowest BCUT2D eigenvalue weighted by atomic mass is 10.1. The number of fused-ring (bicyclic) bond motifs is 2. The maximum absolute atomic E-state index is 11.4. The predicted molar refractivity (Wildman–Crippen MR) is 118 cm³/mol. The van der Waals surface area contributed by atoms with Crippen molar-refractivity contribution < 1.29 is 23.9 Å². The van der Waals surface area contributed by atoms with Gasteiger partial charge in [0.2, 0.25) is 0 Å². The Hall–Kier alpha value is -4.40. The Morgan fingerprint density at radius 3 is 2.41 bits per heavy atom. The summed E-state index contributed by atoms with van der Waals surface area (Å²) in [7, 11) is 4.96. The Bertz CT molecular complexity index is 1350. The van der Waals surface area contributed by atoms with Crippen molar-refractivity contribution in [3.63, 3.8) is 0 Å². The number of aromatic amines is 1. The quantitative estimate of drug-likeness (QED) is 0.378. The fraction of sp³-hybridized carbons (Fsp3) is 0.130. The topological polar surface area (TPSA) is 115 Å². The van der Waals surface area contributed by atoms with Crippen LogP contribution in [0.3, 0.4) is 0 Å². The van der Waals surface area contributed by atoms with Crippen molar-refractivity contribution in [1.29, 1.82) is 0 Å². The zero-order valence-corrected chi connectivity index (χ0v) is 17.6. The molecule has 2 N–H and O–H groups in total. The lowest BCUT2D eigenvalue weighted by Crippen LogP contribution is -2.12. The minimum absolute atomic E-state index is 0.379. The second-order valence-corrected chi connectivity index (χ2v) is 7.04. The number of aromatic nitrogens is 3. The van der Waals surface area contributed by atoms with E-state index in [1.54, 1.807) is 36.2 Å². The van der Waals surface area contributed by atoms with Crippen molar-refractivity contribution in [1.82, 2.24) is 14.8 Å². The molecule has 5 rings (SSSR count). The Morgan fingerprint density at radius 1 is 1.03 bits per heavy atom. The molecule has 1 aliphatic heterocycles. The van der Waals surface area contributed by atoms with Crippen LogP contribution in [0.25, 0.3) is 22.2 Å². The zero-order chi connectivity index (χ0) is 22.8. The van der Waals surface area contributed by atoms with Gasteiger partial charge in [-0.3, -0.25) is 19.1 Å². The van der Waals surface area contributed by atoms with Gasteiger partial charge in [0.15, 0.2) is 6.29 Å². The third kappa shape index (κ3) is 3.71. The highest BCUT2D eigenvalue weighted by molar-refractivity contribution is 6.51. The summed E-state index contributed by atoms with van der Waals surface area (Å²) in [6.07, 6.45) is 4.46. The number of methoxy groups -OCH3 is 2. The molecular weight excluding hydrogens is 412 g/mol. The number of ketones is 1. The summed E-state index contributed by atoms with van der Waals surface area (Å²) in [6.45, 7) is 0. The molecule has 0 fully saturated rings. The third-order valence-corrected chi connectivity index (χ3v) is 5.08. The van der Waals surface area contributed by atoms with Crippen LogP contribution in [0.5, 0.6) is 11.5 Å². The van der Waals surface area contributed by atoms with Gasteiger partial charge in [-0.1, -0.05) is 0 Å². The van der Waals surface area contributed by atoms with E-state index in [-0.39, 0.29) is 0 Å². The van der Waals surface area contributed by atoms with Gasteiger partial charge in [-0.05, 0) is 36.4 Å². The predicted octanol–water partition coefficient (Wildman–Crippen LogP) is 3.22. The highest BCUT2D eigenvalue weighted by atomic mass is 16.5. The van der Waals surface area contributed by atoms with Crippen molar-refractivity contribution >= 4 is 34.6 Å². The number of H-pyrrole nitrogens is 1. The number of carbonyl (C=O) groups is 3. The number of carbonyl (C=O) groups excluding carboxylic acids is 3. The molecule has 0 spiro atoms. The van der Waals surface area contributed by atoms with Gasteiger partial charge in [0.25, 0.3) is 11.7 Å². The number of aldehydes is 1. The van der Waals surface area contributed by atoms with E-state index in [1.165, 1.54) is 7.11 Å². The molecule has 0 aliphatic carbocycles. The van der Waals surface area contributed by atoms with E-state index in [4.69, 9.17) is 9.47 Å². The van der Waals surface area contributed by atoms with Gasteiger partial charge < -0.3 is 19.8 Å². The second kappa shape index (κ2) is 8.38. The number of ether oxygens (including phenoxy) is 2. The lowest BCUT2D eigenvalue weighted by molar-refractivity contribution is -0.112. The molecule has 0 saturated carbocycles. The van der Waals surface area contributed by atoms with Crippen LogP contribution in [0.1, 0.15) is 20.7 Å². The van der Waals surface area contributed by atoms with Crippen LogP contribution in [-0.2, 0) is 11.8 Å². The first-order chi connectivity index (χ1) is 15.4. The van der Waals surface area contributed by atoms with Crippen LogP contribution in [0.4, 0.5) is 5.69 Å². The number of rotatable bonds is 4. The maximum Gasteiger partial charge on any atom is 0.296 e. The average molecular weight is 432 g/mol. The molecule has 9 nitrogen and oxygen atoms in total. The van der Waals surface area contributed by atoms with Gasteiger partial charge in [-0.25, -0.2) is 0 Å². The lowest BCUT2D eigenvalue weighted by Gasteiger charge is -2.00. The molecule has 4 aromatic rings. The molecule has 32 heavy (non-hydrogen) atoms. The van der Waals surface area contributed by atoms with Crippen molar-refractivity contribution in [2.75, 3.05) is 19.5 Å². The first kappa shape index (κ1) is 20.9. The van der Waals surface area contributed by atoms with Gasteiger partial charge in [0.1, 0.15) is 11.5 Å². The number of amides is 1. The molecule has 2 aromatic carbocycles. The number of nitrogens with zero attached hydrogens (tertiary/aromatic N) is 2. The highest BCUT2D eigenvalue weighted by Crippen LogP contribution is 2.31. The molecule has 162 valence electrons. The van der Waals surface area contributed by atoms with E-state index in [1.807, 2.05) is 31.4 Å². The Morgan fingerprint density at radius 2 is 1.75 bits per heavy atom. The van der Waals surface area contributed by atoms with Crippen LogP contribution in [0.2, 0.25) is 0 Å². The van der Waals surface area contributed by atoms with Gasteiger partial charge >= 0.3 is 0 Å². The van der Waals surface area contributed by atoms with Gasteiger partial charge in [-0.2, -0.15) is 5.10 Å². The van der Waals surface area contributed by atoms with E-state index in [9.17, 15) is 14.4 Å².